The Hall–Kier alpha value is -1.76. The lowest BCUT2D eigenvalue weighted by molar-refractivity contribution is 0.131. The summed E-state index contributed by atoms with van der Waals surface area (Å²) in [6.45, 7) is 16.2. The number of ether oxygens (including phenoxy) is 2. The maximum atomic E-state index is 5.44. The summed E-state index contributed by atoms with van der Waals surface area (Å²) < 4.78 is 10.7. The van der Waals surface area contributed by atoms with E-state index < -0.39 is 0 Å². The number of hydrogen-bond acceptors (Lipinski definition) is 3. The standard InChI is InChI=1S/C14H21NO.C8H18O.C3H8.C2H2/c1-4-11-16-12-10-13(2)15(3)14-8-6-5-7-9-14;1-3-5-6-8-9-7-4-2;1-3-2;1-2/h5-10H,4,11-12H2,1-3H3;3-8H2,1-2H3;3H2,1-2H3;1-2H/b13-10-;;;. The number of para-hydroxylation sites is 1. The molecule has 0 aliphatic carbocycles. The Morgan fingerprint density at radius 3 is 1.87 bits per heavy atom. The predicted octanol–water partition coefficient (Wildman–Crippen LogP) is 7.72. The molecule has 0 bridgehead atoms. The van der Waals surface area contributed by atoms with Crippen LogP contribution in [0.4, 0.5) is 5.69 Å². The Kier molecular flexibility index (Phi) is 32.3. The van der Waals surface area contributed by atoms with Crippen molar-refractivity contribution in [2.45, 2.75) is 80.1 Å². The van der Waals surface area contributed by atoms with Gasteiger partial charge in [-0.3, -0.25) is 0 Å². The normalized spacial score (nSPS) is 9.83. The van der Waals surface area contributed by atoms with Gasteiger partial charge >= 0.3 is 0 Å². The van der Waals surface area contributed by atoms with Gasteiger partial charge in [0.05, 0.1) is 6.61 Å². The highest BCUT2D eigenvalue weighted by Gasteiger charge is 2.00. The molecule has 1 aromatic rings. The van der Waals surface area contributed by atoms with Crippen molar-refractivity contribution in [1.29, 1.82) is 0 Å². The fourth-order valence-electron chi connectivity index (χ4n) is 2.10. The number of allylic oxidation sites excluding steroid dienone is 1. The molecular weight excluding hydrogens is 370 g/mol. The summed E-state index contributed by atoms with van der Waals surface area (Å²) in [4.78, 5) is 2.16. The van der Waals surface area contributed by atoms with Crippen molar-refractivity contribution in [1.82, 2.24) is 0 Å². The lowest BCUT2D eigenvalue weighted by Crippen LogP contribution is -2.14. The third-order valence-electron chi connectivity index (χ3n) is 3.76. The van der Waals surface area contributed by atoms with E-state index >= 15 is 0 Å². The van der Waals surface area contributed by atoms with Crippen molar-refractivity contribution in [3.63, 3.8) is 0 Å². The minimum Gasteiger partial charge on any atom is -0.381 e. The summed E-state index contributed by atoms with van der Waals surface area (Å²) in [5.41, 5.74) is 2.41. The molecule has 174 valence electrons. The monoisotopic (exact) mass is 419 g/mol. The van der Waals surface area contributed by atoms with E-state index in [4.69, 9.17) is 9.47 Å². The summed E-state index contributed by atoms with van der Waals surface area (Å²) in [7, 11) is 2.07. The maximum absolute atomic E-state index is 5.44. The fraction of sp³-hybridized carbons (Fsp3) is 0.630. The van der Waals surface area contributed by atoms with Crippen LogP contribution in [0.3, 0.4) is 0 Å². The number of terminal acetylenes is 1. The molecule has 0 saturated heterocycles. The first-order valence-electron chi connectivity index (χ1n) is 11.5. The Morgan fingerprint density at radius 1 is 0.833 bits per heavy atom. The lowest BCUT2D eigenvalue weighted by atomic mass is 10.3. The van der Waals surface area contributed by atoms with Gasteiger partial charge in [-0.15, -0.1) is 12.8 Å². The van der Waals surface area contributed by atoms with Crippen molar-refractivity contribution in [2.75, 3.05) is 38.4 Å². The summed E-state index contributed by atoms with van der Waals surface area (Å²) in [6.07, 6.45) is 17.4. The van der Waals surface area contributed by atoms with E-state index in [9.17, 15) is 0 Å². The Balaban J connectivity index is -0.000000441. The third-order valence-corrected chi connectivity index (χ3v) is 3.76. The van der Waals surface area contributed by atoms with E-state index in [0.29, 0.717) is 6.61 Å². The average molecular weight is 420 g/mol. The van der Waals surface area contributed by atoms with E-state index in [1.54, 1.807) is 0 Å². The van der Waals surface area contributed by atoms with Crippen LogP contribution in [0, 0.1) is 12.8 Å². The molecule has 0 saturated carbocycles. The summed E-state index contributed by atoms with van der Waals surface area (Å²) in [6, 6.07) is 10.3. The van der Waals surface area contributed by atoms with Crippen molar-refractivity contribution < 1.29 is 9.47 Å². The molecule has 1 aromatic carbocycles. The molecule has 0 radical (unpaired) electrons. The zero-order chi connectivity index (χ0) is 23.5. The van der Waals surface area contributed by atoms with Crippen molar-refractivity contribution in [3.8, 4) is 12.8 Å². The molecule has 0 aliphatic rings. The van der Waals surface area contributed by atoms with Crippen molar-refractivity contribution >= 4 is 5.69 Å². The van der Waals surface area contributed by atoms with Gasteiger partial charge in [-0.25, -0.2) is 0 Å². The van der Waals surface area contributed by atoms with Crippen molar-refractivity contribution in [2.24, 2.45) is 0 Å². The molecule has 0 spiro atoms. The first-order chi connectivity index (χ1) is 14.6. The Labute approximate surface area is 188 Å². The second-order valence-corrected chi connectivity index (χ2v) is 6.84. The largest absolute Gasteiger partial charge is 0.381 e. The first-order valence-corrected chi connectivity index (χ1v) is 11.5. The molecule has 0 fully saturated rings. The number of benzene rings is 1. The van der Waals surface area contributed by atoms with Gasteiger partial charge in [0.2, 0.25) is 0 Å². The van der Waals surface area contributed by atoms with Gasteiger partial charge in [-0.2, -0.15) is 0 Å². The molecule has 3 nitrogen and oxygen atoms in total. The SMILES string of the molecule is C#C.CCC.CCCCCOCCC.CCCOC/C=C(/C)N(C)c1ccccc1. The van der Waals surface area contributed by atoms with Crippen LogP contribution < -0.4 is 4.90 Å². The molecule has 0 amide bonds. The van der Waals surface area contributed by atoms with Crippen LogP contribution in [0.25, 0.3) is 0 Å². The molecule has 0 atom stereocenters. The second-order valence-electron chi connectivity index (χ2n) is 6.84. The number of anilines is 1. The van der Waals surface area contributed by atoms with Gasteiger partial charge in [0.15, 0.2) is 0 Å². The zero-order valence-corrected chi connectivity index (χ0v) is 21.0. The van der Waals surface area contributed by atoms with Crippen LogP contribution in [-0.4, -0.2) is 33.5 Å². The van der Waals surface area contributed by atoms with Gasteiger partial charge < -0.3 is 14.4 Å². The van der Waals surface area contributed by atoms with Crippen LogP contribution in [-0.2, 0) is 9.47 Å². The van der Waals surface area contributed by atoms with Crippen LogP contribution >= 0.6 is 0 Å². The number of rotatable bonds is 12. The minimum absolute atomic E-state index is 0.691. The van der Waals surface area contributed by atoms with E-state index in [1.807, 2.05) is 18.2 Å². The Morgan fingerprint density at radius 2 is 1.37 bits per heavy atom. The summed E-state index contributed by atoms with van der Waals surface area (Å²) >= 11 is 0. The first kappa shape index (κ1) is 32.9. The molecule has 0 aliphatic heterocycles. The summed E-state index contributed by atoms with van der Waals surface area (Å²) in [5.74, 6) is 0. The van der Waals surface area contributed by atoms with Gasteiger partial charge in [0.1, 0.15) is 0 Å². The molecule has 0 unspecified atom stereocenters. The number of hydrogen-bond donors (Lipinski definition) is 0. The van der Waals surface area contributed by atoms with Gasteiger partial charge in [-0.1, -0.05) is 72.1 Å². The quantitative estimate of drug-likeness (QED) is 0.256. The third kappa shape index (κ3) is 24.3. The zero-order valence-electron chi connectivity index (χ0n) is 21.0. The molecule has 0 heterocycles. The molecule has 30 heavy (non-hydrogen) atoms. The highest BCUT2D eigenvalue weighted by atomic mass is 16.5. The highest BCUT2D eigenvalue weighted by molar-refractivity contribution is 5.50. The Bertz CT molecular complexity index is 462. The molecule has 0 N–H and O–H groups in total. The van der Waals surface area contributed by atoms with E-state index in [-0.39, 0.29) is 0 Å². The van der Waals surface area contributed by atoms with E-state index in [2.05, 4.69) is 84.5 Å². The van der Waals surface area contributed by atoms with Crippen LogP contribution in [0.15, 0.2) is 42.1 Å². The van der Waals surface area contributed by atoms with Gasteiger partial charge in [-0.05, 0) is 44.4 Å². The molecule has 1 rings (SSSR count). The van der Waals surface area contributed by atoms with Crippen molar-refractivity contribution in [3.05, 3.63) is 42.1 Å². The van der Waals surface area contributed by atoms with Gasteiger partial charge in [0.25, 0.3) is 0 Å². The highest BCUT2D eigenvalue weighted by Crippen LogP contribution is 2.15. The lowest BCUT2D eigenvalue weighted by Gasteiger charge is -2.20. The number of unbranched alkanes of at least 4 members (excludes halogenated alkanes) is 2. The summed E-state index contributed by atoms with van der Waals surface area (Å²) in [5, 5.41) is 0. The van der Waals surface area contributed by atoms with E-state index in [1.165, 1.54) is 37.1 Å². The van der Waals surface area contributed by atoms with Crippen LogP contribution in [0.2, 0.25) is 0 Å². The minimum atomic E-state index is 0.691. The van der Waals surface area contributed by atoms with Gasteiger partial charge in [0, 0.05) is 38.3 Å². The fourth-order valence-corrected chi connectivity index (χ4v) is 2.10. The van der Waals surface area contributed by atoms with E-state index in [0.717, 1.165) is 32.7 Å². The maximum Gasteiger partial charge on any atom is 0.0667 e. The van der Waals surface area contributed by atoms with Crippen LogP contribution in [0.1, 0.15) is 80.1 Å². The topological polar surface area (TPSA) is 21.7 Å². The molecule has 0 aromatic heterocycles. The molecule has 3 heteroatoms. The molecular formula is C27H49NO2. The second kappa shape index (κ2) is 29.4. The predicted molar refractivity (Wildman–Crippen MR) is 136 cm³/mol. The average Bonchev–Trinajstić information content (AvgIpc) is 2.79. The number of nitrogens with zero attached hydrogens (tertiary/aromatic N) is 1. The van der Waals surface area contributed by atoms with Crippen LogP contribution in [0.5, 0.6) is 0 Å². The smallest absolute Gasteiger partial charge is 0.0667 e.